The van der Waals surface area contributed by atoms with E-state index in [0.29, 0.717) is 43.9 Å². The molecule has 0 unspecified atom stereocenters. The van der Waals surface area contributed by atoms with Crippen LogP contribution in [0.2, 0.25) is 0 Å². The molecule has 2 aromatic carbocycles. The molecule has 1 fully saturated rings. The van der Waals surface area contributed by atoms with Gasteiger partial charge in [0.15, 0.2) is 0 Å². The molecule has 0 aliphatic carbocycles. The summed E-state index contributed by atoms with van der Waals surface area (Å²) >= 11 is 0. The van der Waals surface area contributed by atoms with Crippen molar-refractivity contribution in [2.24, 2.45) is 11.8 Å². The zero-order valence-corrected chi connectivity index (χ0v) is 19.4. The second-order valence-corrected chi connectivity index (χ2v) is 8.36. The van der Waals surface area contributed by atoms with E-state index in [-0.39, 0.29) is 23.8 Å². The van der Waals surface area contributed by atoms with Crippen LogP contribution in [-0.4, -0.2) is 42.5 Å². The summed E-state index contributed by atoms with van der Waals surface area (Å²) in [6, 6.07) is 16.4. The first-order chi connectivity index (χ1) is 16.0. The van der Waals surface area contributed by atoms with Gasteiger partial charge in [0, 0.05) is 31.7 Å². The highest BCUT2D eigenvalue weighted by atomic mass is 16.5. The van der Waals surface area contributed by atoms with Crippen molar-refractivity contribution in [2.75, 3.05) is 25.0 Å². The molecule has 2 atom stereocenters. The quantitative estimate of drug-likeness (QED) is 0.581. The van der Waals surface area contributed by atoms with Gasteiger partial charge < -0.3 is 20.3 Å². The molecule has 0 bridgehead atoms. The zero-order chi connectivity index (χ0) is 23.6. The van der Waals surface area contributed by atoms with E-state index in [4.69, 9.17) is 4.74 Å². The molecule has 176 valence electrons. The molecule has 1 saturated heterocycles. The number of ether oxygens (including phenoxy) is 1. The average molecular weight is 452 g/mol. The number of esters is 1. The van der Waals surface area contributed by atoms with Gasteiger partial charge in [-0.3, -0.25) is 4.79 Å². The minimum Gasteiger partial charge on any atom is -0.462 e. The maximum absolute atomic E-state index is 12.8. The highest BCUT2D eigenvalue weighted by Gasteiger charge is 2.31. The van der Waals surface area contributed by atoms with Crippen LogP contribution in [0.3, 0.4) is 0 Å². The van der Waals surface area contributed by atoms with Gasteiger partial charge in [0.05, 0.1) is 12.2 Å². The third-order valence-electron chi connectivity index (χ3n) is 6.11. The van der Waals surface area contributed by atoms with E-state index in [1.54, 1.807) is 36.1 Å². The van der Waals surface area contributed by atoms with Gasteiger partial charge in [-0.1, -0.05) is 49.7 Å². The van der Waals surface area contributed by atoms with Gasteiger partial charge in [-0.25, -0.2) is 9.59 Å². The molecule has 1 aliphatic heterocycles. The normalized spacial score (nSPS) is 17.8. The van der Waals surface area contributed by atoms with E-state index < -0.39 is 5.97 Å². The monoisotopic (exact) mass is 451 g/mol. The second kappa shape index (κ2) is 12.0. The number of urea groups is 1. The number of piperidine rings is 1. The summed E-state index contributed by atoms with van der Waals surface area (Å²) in [5.74, 6) is 0.154. The predicted octanol–water partition coefficient (Wildman–Crippen LogP) is 4.45. The van der Waals surface area contributed by atoms with E-state index in [9.17, 15) is 14.4 Å². The predicted molar refractivity (Wildman–Crippen MR) is 128 cm³/mol. The van der Waals surface area contributed by atoms with E-state index in [0.717, 1.165) is 18.4 Å². The van der Waals surface area contributed by atoms with Crippen molar-refractivity contribution in [3.05, 3.63) is 65.7 Å². The standard InChI is InChI=1S/C26H33N3O4/c1-3-20-18-29(26(32)28-23-12-8-11-22(15-23)25(31)33-4-2)14-13-21(20)16-24(30)27-17-19-9-6-5-7-10-19/h5-12,15,20-21H,3-4,13-14,16-18H2,1-2H3,(H,27,30)(H,28,32)/t20-,21-/m0/s1. The Morgan fingerprint density at radius 1 is 1.03 bits per heavy atom. The van der Waals surface area contributed by atoms with Crippen LogP contribution in [0.1, 0.15) is 49.0 Å². The molecule has 1 aliphatic rings. The number of carbonyl (C=O) groups is 3. The molecule has 0 aromatic heterocycles. The minimum absolute atomic E-state index is 0.0518. The highest BCUT2D eigenvalue weighted by Crippen LogP contribution is 2.29. The van der Waals surface area contributed by atoms with Crippen LogP contribution >= 0.6 is 0 Å². The summed E-state index contributed by atoms with van der Waals surface area (Å²) in [7, 11) is 0. The fraction of sp³-hybridized carbons (Fsp3) is 0.423. The summed E-state index contributed by atoms with van der Waals surface area (Å²) in [6.07, 6.45) is 2.16. The van der Waals surface area contributed by atoms with Crippen molar-refractivity contribution in [1.82, 2.24) is 10.2 Å². The van der Waals surface area contributed by atoms with Crippen LogP contribution in [0.15, 0.2) is 54.6 Å². The van der Waals surface area contributed by atoms with Crippen molar-refractivity contribution in [3.63, 3.8) is 0 Å². The Hall–Kier alpha value is -3.35. The van der Waals surface area contributed by atoms with Crippen LogP contribution in [0, 0.1) is 11.8 Å². The smallest absolute Gasteiger partial charge is 0.338 e. The van der Waals surface area contributed by atoms with Crippen molar-refractivity contribution in [2.45, 2.75) is 39.7 Å². The number of carbonyl (C=O) groups excluding carboxylic acids is 3. The summed E-state index contributed by atoms with van der Waals surface area (Å²) in [4.78, 5) is 39.1. The summed E-state index contributed by atoms with van der Waals surface area (Å²) in [5.41, 5.74) is 2.04. The summed E-state index contributed by atoms with van der Waals surface area (Å²) < 4.78 is 5.02. The molecule has 0 radical (unpaired) electrons. The lowest BCUT2D eigenvalue weighted by atomic mass is 9.81. The lowest BCUT2D eigenvalue weighted by Gasteiger charge is -2.38. The third kappa shape index (κ3) is 7.07. The highest BCUT2D eigenvalue weighted by molar-refractivity contribution is 5.94. The molecule has 3 amide bonds. The maximum Gasteiger partial charge on any atom is 0.338 e. The molecule has 7 heteroatoms. The van der Waals surface area contributed by atoms with Crippen LogP contribution in [0.5, 0.6) is 0 Å². The Labute approximate surface area is 195 Å². The van der Waals surface area contributed by atoms with Gasteiger partial charge in [-0.2, -0.15) is 0 Å². The number of hydrogen-bond acceptors (Lipinski definition) is 4. The van der Waals surface area contributed by atoms with Gasteiger partial charge in [0.2, 0.25) is 5.91 Å². The minimum atomic E-state index is -0.411. The van der Waals surface area contributed by atoms with Gasteiger partial charge in [0.1, 0.15) is 0 Å². The van der Waals surface area contributed by atoms with E-state index in [1.807, 2.05) is 30.3 Å². The maximum atomic E-state index is 12.8. The molecule has 0 spiro atoms. The molecule has 3 rings (SSSR count). The number of nitrogens with one attached hydrogen (secondary N) is 2. The number of benzene rings is 2. The van der Waals surface area contributed by atoms with Crippen LogP contribution in [0.4, 0.5) is 10.5 Å². The topological polar surface area (TPSA) is 87.7 Å². The molecule has 7 nitrogen and oxygen atoms in total. The number of likely N-dealkylation sites (tertiary alicyclic amines) is 1. The van der Waals surface area contributed by atoms with Crippen LogP contribution in [0.25, 0.3) is 0 Å². The third-order valence-corrected chi connectivity index (χ3v) is 6.11. The first-order valence-electron chi connectivity index (χ1n) is 11.6. The molecule has 2 N–H and O–H groups in total. The average Bonchev–Trinajstić information content (AvgIpc) is 2.84. The van der Waals surface area contributed by atoms with Gasteiger partial charge in [-0.15, -0.1) is 0 Å². The van der Waals surface area contributed by atoms with E-state index in [1.165, 1.54) is 0 Å². The summed E-state index contributed by atoms with van der Waals surface area (Å²) in [6.45, 7) is 5.89. The molecule has 1 heterocycles. The van der Waals surface area contributed by atoms with Gasteiger partial charge >= 0.3 is 12.0 Å². The fourth-order valence-corrected chi connectivity index (χ4v) is 4.24. The number of hydrogen-bond donors (Lipinski definition) is 2. The van der Waals surface area contributed by atoms with Gasteiger partial charge in [0.25, 0.3) is 0 Å². The molecular formula is C26H33N3O4. The van der Waals surface area contributed by atoms with Crippen molar-refractivity contribution < 1.29 is 19.1 Å². The van der Waals surface area contributed by atoms with Crippen molar-refractivity contribution in [1.29, 1.82) is 0 Å². The largest absolute Gasteiger partial charge is 0.462 e. The van der Waals surface area contributed by atoms with Crippen LogP contribution in [-0.2, 0) is 16.1 Å². The Kier molecular flexibility index (Phi) is 8.87. The molecule has 33 heavy (non-hydrogen) atoms. The number of nitrogens with zero attached hydrogens (tertiary/aromatic N) is 1. The number of rotatable bonds is 8. The number of anilines is 1. The SMILES string of the molecule is CCOC(=O)c1cccc(NC(=O)N2CC[C@@H](CC(=O)NCc3ccccc3)[C@@H](CC)C2)c1. The Morgan fingerprint density at radius 3 is 2.55 bits per heavy atom. The Bertz CT molecular complexity index is 948. The lowest BCUT2D eigenvalue weighted by molar-refractivity contribution is -0.123. The molecular weight excluding hydrogens is 418 g/mol. The van der Waals surface area contributed by atoms with Crippen LogP contribution < -0.4 is 10.6 Å². The fourth-order valence-electron chi connectivity index (χ4n) is 4.24. The van der Waals surface area contributed by atoms with E-state index >= 15 is 0 Å². The second-order valence-electron chi connectivity index (χ2n) is 8.36. The first kappa shape index (κ1) is 24.3. The first-order valence-corrected chi connectivity index (χ1v) is 11.6. The lowest BCUT2D eigenvalue weighted by Crippen LogP contribution is -2.46. The summed E-state index contributed by atoms with van der Waals surface area (Å²) in [5, 5.41) is 5.90. The van der Waals surface area contributed by atoms with Gasteiger partial charge in [-0.05, 0) is 48.9 Å². The van der Waals surface area contributed by atoms with Crippen molar-refractivity contribution in [3.8, 4) is 0 Å². The Morgan fingerprint density at radius 2 is 1.82 bits per heavy atom. The Balaban J connectivity index is 1.51. The van der Waals surface area contributed by atoms with Crippen molar-refractivity contribution >= 4 is 23.6 Å². The van der Waals surface area contributed by atoms with E-state index in [2.05, 4.69) is 17.6 Å². The molecule has 0 saturated carbocycles. The molecule has 2 aromatic rings. The number of amides is 3. The zero-order valence-electron chi connectivity index (χ0n) is 19.4.